The molecule has 1 aromatic rings. The Hall–Kier alpha value is -2.24. The van der Waals surface area contributed by atoms with Crippen molar-refractivity contribution in [2.24, 2.45) is 11.8 Å². The van der Waals surface area contributed by atoms with Gasteiger partial charge in [0.05, 0.1) is 17.9 Å². The second-order valence-electron chi connectivity index (χ2n) is 6.38. The van der Waals surface area contributed by atoms with Crippen LogP contribution in [0.2, 0.25) is 0 Å². The minimum atomic E-state index is -0.863. The smallest absolute Gasteiger partial charge is 0.307 e. The molecule has 122 valence electrons. The number of nitrogens with zero attached hydrogens (tertiary/aromatic N) is 1. The fraction of sp³-hybridized carbons (Fsp3) is 0.529. The lowest BCUT2D eigenvalue weighted by Crippen LogP contribution is -2.32. The zero-order valence-electron chi connectivity index (χ0n) is 12.7. The van der Waals surface area contributed by atoms with Crippen molar-refractivity contribution in [3.63, 3.8) is 0 Å². The number of aliphatic carboxylic acids is 1. The molecule has 4 rings (SSSR count). The van der Waals surface area contributed by atoms with Crippen LogP contribution in [-0.4, -0.2) is 41.6 Å². The van der Waals surface area contributed by atoms with Gasteiger partial charge in [-0.1, -0.05) is 6.07 Å². The Bertz CT molecular complexity index is 658. The van der Waals surface area contributed by atoms with Crippen LogP contribution < -0.4 is 9.47 Å². The molecule has 6 heteroatoms. The van der Waals surface area contributed by atoms with Crippen LogP contribution in [0.1, 0.15) is 30.9 Å². The van der Waals surface area contributed by atoms with Gasteiger partial charge in [0.15, 0.2) is 11.5 Å². The van der Waals surface area contributed by atoms with E-state index in [0.717, 1.165) is 29.9 Å². The predicted octanol–water partition coefficient (Wildman–Crippen LogP) is 1.84. The van der Waals surface area contributed by atoms with E-state index in [0.29, 0.717) is 26.2 Å². The van der Waals surface area contributed by atoms with Gasteiger partial charge in [-0.2, -0.15) is 0 Å². The van der Waals surface area contributed by atoms with Crippen molar-refractivity contribution in [2.45, 2.75) is 25.3 Å². The number of amides is 1. The number of carboxylic acid groups (broad SMARTS) is 1. The van der Waals surface area contributed by atoms with Crippen molar-refractivity contribution >= 4 is 11.9 Å². The highest BCUT2D eigenvalue weighted by molar-refractivity contribution is 5.89. The highest BCUT2D eigenvalue weighted by atomic mass is 16.6. The Kier molecular flexibility index (Phi) is 3.39. The van der Waals surface area contributed by atoms with Crippen molar-refractivity contribution in [3.8, 4) is 11.5 Å². The first-order valence-corrected chi connectivity index (χ1v) is 8.08. The first-order chi connectivity index (χ1) is 11.1. The molecule has 1 aromatic carbocycles. The number of rotatable bonds is 3. The summed E-state index contributed by atoms with van der Waals surface area (Å²) in [4.78, 5) is 25.4. The average molecular weight is 317 g/mol. The molecule has 3 aliphatic rings. The van der Waals surface area contributed by atoms with E-state index in [-0.39, 0.29) is 17.9 Å². The maximum absolute atomic E-state index is 12.6. The van der Waals surface area contributed by atoms with Crippen LogP contribution in [0.5, 0.6) is 11.5 Å². The van der Waals surface area contributed by atoms with Crippen LogP contribution >= 0.6 is 0 Å². The third kappa shape index (κ3) is 2.52. The Morgan fingerprint density at radius 2 is 1.91 bits per heavy atom. The van der Waals surface area contributed by atoms with E-state index >= 15 is 0 Å². The fourth-order valence-corrected chi connectivity index (χ4v) is 3.60. The molecule has 1 N–H and O–H groups in total. The molecule has 1 aliphatic carbocycles. The quantitative estimate of drug-likeness (QED) is 0.920. The Labute approximate surface area is 134 Å². The molecule has 0 aromatic heterocycles. The number of hydrogen-bond donors (Lipinski definition) is 1. The van der Waals surface area contributed by atoms with Crippen molar-refractivity contribution in [2.75, 3.05) is 19.8 Å². The monoisotopic (exact) mass is 317 g/mol. The van der Waals surface area contributed by atoms with Crippen LogP contribution in [0.15, 0.2) is 18.2 Å². The molecule has 2 heterocycles. The third-order valence-corrected chi connectivity index (χ3v) is 4.91. The zero-order valence-corrected chi connectivity index (χ0v) is 12.7. The van der Waals surface area contributed by atoms with Gasteiger partial charge in [-0.05, 0) is 37.0 Å². The van der Waals surface area contributed by atoms with Gasteiger partial charge in [-0.25, -0.2) is 0 Å². The Balaban J connectivity index is 1.54. The molecule has 1 saturated heterocycles. The summed E-state index contributed by atoms with van der Waals surface area (Å²) in [5.74, 6) is -0.255. The van der Waals surface area contributed by atoms with E-state index in [4.69, 9.17) is 14.6 Å². The number of hydrogen-bond acceptors (Lipinski definition) is 4. The maximum Gasteiger partial charge on any atom is 0.307 e. The van der Waals surface area contributed by atoms with Gasteiger partial charge in [0.2, 0.25) is 5.91 Å². The molecule has 0 radical (unpaired) electrons. The van der Waals surface area contributed by atoms with E-state index in [1.165, 1.54) is 0 Å². The third-order valence-electron chi connectivity index (χ3n) is 4.91. The molecule has 6 nitrogen and oxygen atoms in total. The molecular formula is C17H19NO5. The minimum absolute atomic E-state index is 0.00775. The van der Waals surface area contributed by atoms with Gasteiger partial charge >= 0.3 is 5.97 Å². The number of fused-ring (bicyclic) bond motifs is 1. The number of carbonyl (C=O) groups excluding carboxylic acids is 1. The van der Waals surface area contributed by atoms with E-state index in [9.17, 15) is 9.59 Å². The van der Waals surface area contributed by atoms with E-state index in [1.54, 1.807) is 0 Å². The van der Waals surface area contributed by atoms with E-state index < -0.39 is 11.9 Å². The van der Waals surface area contributed by atoms with Crippen LogP contribution in [-0.2, 0) is 9.59 Å². The largest absolute Gasteiger partial charge is 0.486 e. The van der Waals surface area contributed by atoms with Crippen LogP contribution in [0.4, 0.5) is 0 Å². The van der Waals surface area contributed by atoms with Gasteiger partial charge in [0, 0.05) is 6.54 Å². The van der Waals surface area contributed by atoms with Crippen molar-refractivity contribution < 1.29 is 24.2 Å². The molecule has 3 atom stereocenters. The summed E-state index contributed by atoms with van der Waals surface area (Å²) in [6.45, 7) is 1.78. The SMILES string of the molecule is O=C(O)[C@@H]1C[C@H]1C(=O)N1CCC[C@@H]1c1ccc2c(c1)OCCO2. The minimum Gasteiger partial charge on any atom is -0.486 e. The summed E-state index contributed by atoms with van der Waals surface area (Å²) in [5.41, 5.74) is 1.03. The number of carbonyl (C=O) groups is 2. The number of likely N-dealkylation sites (tertiary alicyclic amines) is 1. The molecule has 0 spiro atoms. The molecule has 1 saturated carbocycles. The lowest BCUT2D eigenvalue weighted by molar-refractivity contribution is -0.142. The molecule has 2 aliphatic heterocycles. The zero-order chi connectivity index (χ0) is 16.0. The van der Waals surface area contributed by atoms with Gasteiger partial charge in [0.25, 0.3) is 0 Å². The van der Waals surface area contributed by atoms with Crippen LogP contribution in [0, 0.1) is 11.8 Å². The van der Waals surface area contributed by atoms with Crippen LogP contribution in [0.25, 0.3) is 0 Å². The summed E-state index contributed by atoms with van der Waals surface area (Å²) in [6, 6.07) is 5.83. The first-order valence-electron chi connectivity index (χ1n) is 8.08. The molecule has 23 heavy (non-hydrogen) atoms. The van der Waals surface area contributed by atoms with Gasteiger partial charge in [0.1, 0.15) is 13.2 Å². The molecule has 1 amide bonds. The highest BCUT2D eigenvalue weighted by Gasteiger charge is 2.51. The second kappa shape index (κ2) is 5.44. The first kappa shape index (κ1) is 14.4. The molecular weight excluding hydrogens is 298 g/mol. The number of carboxylic acids is 1. The molecule has 0 unspecified atom stereocenters. The number of benzene rings is 1. The Morgan fingerprint density at radius 1 is 1.13 bits per heavy atom. The summed E-state index contributed by atoms with van der Waals surface area (Å²) < 4.78 is 11.2. The average Bonchev–Trinajstić information content (AvgIpc) is 3.23. The number of ether oxygens (including phenoxy) is 2. The summed E-state index contributed by atoms with van der Waals surface area (Å²) in [7, 11) is 0. The van der Waals surface area contributed by atoms with Gasteiger partial charge < -0.3 is 19.5 Å². The molecule has 2 fully saturated rings. The summed E-state index contributed by atoms with van der Waals surface area (Å²) in [6.07, 6.45) is 2.31. The lowest BCUT2D eigenvalue weighted by Gasteiger charge is -2.27. The van der Waals surface area contributed by atoms with Crippen molar-refractivity contribution in [1.82, 2.24) is 4.90 Å². The molecule has 0 bridgehead atoms. The topological polar surface area (TPSA) is 76.1 Å². The highest BCUT2D eigenvalue weighted by Crippen LogP contribution is 2.44. The van der Waals surface area contributed by atoms with Crippen molar-refractivity contribution in [3.05, 3.63) is 23.8 Å². The Morgan fingerprint density at radius 3 is 2.65 bits per heavy atom. The predicted molar refractivity (Wildman–Crippen MR) is 80.4 cm³/mol. The standard InChI is InChI=1S/C17H19NO5/c19-16(11-9-12(11)17(20)21)18-5-1-2-13(18)10-3-4-14-15(8-10)23-7-6-22-14/h3-4,8,11-13H,1-2,5-7,9H2,(H,20,21)/t11-,12-,13-/m1/s1. The van der Waals surface area contributed by atoms with Crippen LogP contribution in [0.3, 0.4) is 0 Å². The fourth-order valence-electron chi connectivity index (χ4n) is 3.60. The normalized spacial score (nSPS) is 28.5. The summed E-state index contributed by atoms with van der Waals surface area (Å²) >= 11 is 0. The second-order valence-corrected chi connectivity index (χ2v) is 6.38. The van der Waals surface area contributed by atoms with E-state index in [1.807, 2.05) is 23.1 Å². The lowest BCUT2D eigenvalue weighted by atomic mass is 10.0. The summed E-state index contributed by atoms with van der Waals surface area (Å²) in [5, 5.41) is 9.03. The van der Waals surface area contributed by atoms with E-state index in [2.05, 4.69) is 0 Å². The van der Waals surface area contributed by atoms with Crippen molar-refractivity contribution in [1.29, 1.82) is 0 Å². The van der Waals surface area contributed by atoms with Gasteiger partial charge in [-0.3, -0.25) is 9.59 Å². The maximum atomic E-state index is 12.6. The van der Waals surface area contributed by atoms with Gasteiger partial charge in [-0.15, -0.1) is 0 Å².